The van der Waals surface area contributed by atoms with Gasteiger partial charge in [-0.1, -0.05) is 11.6 Å². The number of carbonyl (C=O) groups excluding carboxylic acids is 1. The maximum Gasteiger partial charge on any atom is 0.339 e. The molecule has 26 heavy (non-hydrogen) atoms. The van der Waals surface area contributed by atoms with Crippen molar-refractivity contribution in [1.29, 1.82) is 0 Å². The molecule has 0 N–H and O–H groups in total. The second-order valence-electron chi connectivity index (χ2n) is 5.43. The quantitative estimate of drug-likeness (QED) is 0.738. The highest BCUT2D eigenvalue weighted by Gasteiger charge is 2.25. The summed E-state index contributed by atoms with van der Waals surface area (Å²) >= 11 is 5.99. The molecule has 0 saturated heterocycles. The van der Waals surface area contributed by atoms with Gasteiger partial charge in [-0.2, -0.15) is 0 Å². The largest absolute Gasteiger partial charge is 0.486 e. The lowest BCUT2D eigenvalue weighted by Crippen LogP contribution is -2.27. The number of carbonyl (C=O) groups is 1. The third-order valence-corrected chi connectivity index (χ3v) is 6.00. The second kappa shape index (κ2) is 7.05. The summed E-state index contributed by atoms with van der Waals surface area (Å²) in [6, 6.07) is 8.72. The molecule has 0 aliphatic carbocycles. The number of rotatable bonds is 4. The van der Waals surface area contributed by atoms with Crippen molar-refractivity contribution in [2.45, 2.75) is 4.90 Å². The van der Waals surface area contributed by atoms with Crippen LogP contribution >= 0.6 is 11.6 Å². The molecule has 3 rings (SSSR count). The third-order valence-electron chi connectivity index (χ3n) is 3.89. The topological polar surface area (TPSA) is 82.1 Å². The molecule has 1 aliphatic heterocycles. The molecule has 0 bridgehead atoms. The predicted octanol–water partition coefficient (Wildman–Crippen LogP) is 2.72. The van der Waals surface area contributed by atoms with Gasteiger partial charge in [-0.15, -0.1) is 0 Å². The van der Waals surface area contributed by atoms with Gasteiger partial charge in [0.25, 0.3) is 10.0 Å². The van der Waals surface area contributed by atoms with Gasteiger partial charge >= 0.3 is 5.97 Å². The van der Waals surface area contributed by atoms with Crippen LogP contribution in [0.25, 0.3) is 0 Å². The number of anilines is 1. The van der Waals surface area contributed by atoms with E-state index in [1.54, 1.807) is 6.07 Å². The van der Waals surface area contributed by atoms with Crippen LogP contribution in [0.5, 0.6) is 11.5 Å². The summed E-state index contributed by atoms with van der Waals surface area (Å²) in [5.41, 5.74) is 0.348. The van der Waals surface area contributed by atoms with Crippen molar-refractivity contribution in [3.63, 3.8) is 0 Å². The molecule has 0 amide bonds. The number of halogens is 1. The molecule has 2 aromatic carbocycles. The molecule has 0 saturated carbocycles. The molecule has 138 valence electrons. The van der Waals surface area contributed by atoms with Crippen molar-refractivity contribution >= 4 is 33.3 Å². The second-order valence-corrected chi connectivity index (χ2v) is 7.81. The molecule has 0 fully saturated rings. The lowest BCUT2D eigenvalue weighted by atomic mass is 10.2. The van der Waals surface area contributed by atoms with E-state index < -0.39 is 16.0 Å². The van der Waals surface area contributed by atoms with E-state index in [4.69, 9.17) is 21.1 Å². The normalized spacial score (nSPS) is 13.2. The Morgan fingerprint density at radius 2 is 1.81 bits per heavy atom. The first kappa shape index (κ1) is 18.3. The number of hydrogen-bond donors (Lipinski definition) is 0. The minimum Gasteiger partial charge on any atom is -0.486 e. The van der Waals surface area contributed by atoms with Gasteiger partial charge < -0.3 is 14.2 Å². The first-order valence-electron chi connectivity index (χ1n) is 7.61. The van der Waals surface area contributed by atoms with Crippen LogP contribution in [0.4, 0.5) is 5.69 Å². The van der Waals surface area contributed by atoms with Crippen LogP contribution in [0, 0.1) is 0 Å². The Labute approximate surface area is 156 Å². The maximum absolute atomic E-state index is 12.9. The summed E-state index contributed by atoms with van der Waals surface area (Å²) in [6.45, 7) is 0.770. The van der Waals surface area contributed by atoms with Gasteiger partial charge in [0, 0.05) is 13.1 Å². The number of benzene rings is 2. The maximum atomic E-state index is 12.9. The first-order valence-corrected chi connectivity index (χ1v) is 9.43. The molecule has 0 unspecified atom stereocenters. The highest BCUT2D eigenvalue weighted by Crippen LogP contribution is 2.34. The van der Waals surface area contributed by atoms with Gasteiger partial charge in [-0.3, -0.25) is 4.31 Å². The minimum absolute atomic E-state index is 0.0406. The minimum atomic E-state index is -3.88. The van der Waals surface area contributed by atoms with Crippen LogP contribution in [0.1, 0.15) is 10.4 Å². The van der Waals surface area contributed by atoms with Gasteiger partial charge in [-0.25, -0.2) is 13.2 Å². The van der Waals surface area contributed by atoms with E-state index in [2.05, 4.69) is 4.74 Å². The average Bonchev–Trinajstić information content (AvgIpc) is 2.66. The summed E-state index contributed by atoms with van der Waals surface area (Å²) in [5.74, 6) is 0.219. The van der Waals surface area contributed by atoms with E-state index in [1.165, 1.54) is 44.5 Å². The highest BCUT2D eigenvalue weighted by molar-refractivity contribution is 7.92. The standard InChI is InChI=1S/C17H16ClNO6S/c1-19(11-3-5-14(18)13(9-11)17(20)23-2)26(21,22)12-4-6-15-16(10-12)25-8-7-24-15/h3-6,9-10H,7-8H2,1-2H3. The van der Waals surface area contributed by atoms with Crippen molar-refractivity contribution in [2.75, 3.05) is 31.7 Å². The van der Waals surface area contributed by atoms with Crippen molar-refractivity contribution < 1.29 is 27.4 Å². The van der Waals surface area contributed by atoms with Crippen LogP contribution in [-0.4, -0.2) is 41.8 Å². The molecule has 1 heterocycles. The third kappa shape index (κ3) is 3.30. The summed E-state index contributed by atoms with van der Waals surface area (Å²) in [6.07, 6.45) is 0. The number of methoxy groups -OCH3 is 1. The van der Waals surface area contributed by atoms with E-state index >= 15 is 0 Å². The molecule has 9 heteroatoms. The zero-order valence-corrected chi connectivity index (χ0v) is 15.6. The van der Waals surface area contributed by atoms with Gasteiger partial charge in [0.15, 0.2) is 11.5 Å². The summed E-state index contributed by atoms with van der Waals surface area (Å²) < 4.78 is 42.4. The average molecular weight is 398 g/mol. The Balaban J connectivity index is 1.98. The van der Waals surface area contributed by atoms with Crippen molar-refractivity contribution in [3.05, 3.63) is 47.0 Å². The predicted molar refractivity (Wildman–Crippen MR) is 95.8 cm³/mol. The zero-order chi connectivity index (χ0) is 18.9. The smallest absolute Gasteiger partial charge is 0.339 e. The molecular weight excluding hydrogens is 382 g/mol. The molecule has 0 radical (unpaired) electrons. The highest BCUT2D eigenvalue weighted by atomic mass is 35.5. The van der Waals surface area contributed by atoms with Crippen molar-refractivity contribution in [2.24, 2.45) is 0 Å². The Morgan fingerprint density at radius 1 is 1.12 bits per heavy atom. The molecule has 2 aromatic rings. The SMILES string of the molecule is COC(=O)c1cc(N(C)S(=O)(=O)c2ccc3c(c2)OCCO3)ccc1Cl. The van der Waals surface area contributed by atoms with E-state index in [9.17, 15) is 13.2 Å². The molecule has 0 aromatic heterocycles. The number of hydrogen-bond acceptors (Lipinski definition) is 6. The van der Waals surface area contributed by atoms with Crippen molar-refractivity contribution in [3.8, 4) is 11.5 Å². The zero-order valence-electron chi connectivity index (χ0n) is 14.1. The Morgan fingerprint density at radius 3 is 2.50 bits per heavy atom. The molecule has 0 spiro atoms. The number of sulfonamides is 1. The number of ether oxygens (including phenoxy) is 3. The van der Waals surface area contributed by atoms with Crippen LogP contribution < -0.4 is 13.8 Å². The van der Waals surface area contributed by atoms with E-state index in [0.717, 1.165) is 4.31 Å². The molecular formula is C17H16ClNO6S. The Bertz CT molecular complexity index is 960. The summed E-state index contributed by atoms with van der Waals surface area (Å²) in [4.78, 5) is 11.8. The number of fused-ring (bicyclic) bond motifs is 1. The molecule has 7 nitrogen and oxygen atoms in total. The van der Waals surface area contributed by atoms with E-state index in [0.29, 0.717) is 24.7 Å². The van der Waals surface area contributed by atoms with Crippen LogP contribution in [0.3, 0.4) is 0 Å². The van der Waals surface area contributed by atoms with Crippen molar-refractivity contribution in [1.82, 2.24) is 0 Å². The fourth-order valence-electron chi connectivity index (χ4n) is 2.46. The van der Waals surface area contributed by atoms with E-state index in [-0.39, 0.29) is 21.2 Å². The van der Waals surface area contributed by atoms with Crippen LogP contribution in [-0.2, 0) is 14.8 Å². The van der Waals surface area contributed by atoms with E-state index in [1.807, 2.05) is 0 Å². The lowest BCUT2D eigenvalue weighted by molar-refractivity contribution is 0.0601. The monoisotopic (exact) mass is 397 g/mol. The fraction of sp³-hybridized carbons (Fsp3) is 0.235. The summed E-state index contributed by atoms with van der Waals surface area (Å²) in [5, 5.41) is 0.172. The van der Waals surface area contributed by atoms with Gasteiger partial charge in [0.05, 0.1) is 28.3 Å². The number of nitrogens with zero attached hydrogens (tertiary/aromatic N) is 1. The van der Waals surface area contributed by atoms with Crippen LogP contribution in [0.2, 0.25) is 5.02 Å². The lowest BCUT2D eigenvalue weighted by Gasteiger charge is -2.22. The van der Waals surface area contributed by atoms with Crippen LogP contribution in [0.15, 0.2) is 41.3 Å². The Kier molecular flexibility index (Phi) is 4.97. The van der Waals surface area contributed by atoms with Gasteiger partial charge in [-0.05, 0) is 30.3 Å². The van der Waals surface area contributed by atoms with Gasteiger partial charge in [0.2, 0.25) is 0 Å². The molecule has 1 aliphatic rings. The fourth-order valence-corrected chi connectivity index (χ4v) is 3.85. The molecule has 0 atom stereocenters. The first-order chi connectivity index (χ1) is 12.3. The summed E-state index contributed by atoms with van der Waals surface area (Å²) in [7, 11) is -1.28. The number of esters is 1. The Hall–Kier alpha value is -2.45. The van der Waals surface area contributed by atoms with Gasteiger partial charge in [0.1, 0.15) is 13.2 Å².